The molecular weight excluding hydrogens is 220 g/mol. The smallest absolute Gasteiger partial charge is 0.194 e. The summed E-state index contributed by atoms with van der Waals surface area (Å²) in [6, 6.07) is 13.3. The summed E-state index contributed by atoms with van der Waals surface area (Å²) in [5.41, 5.74) is 0.728. The summed E-state index contributed by atoms with van der Waals surface area (Å²) in [5.74, 6) is 0.0824. The summed E-state index contributed by atoms with van der Waals surface area (Å²) in [4.78, 5) is 13.1. The molecule has 2 atom stereocenters. The fraction of sp³-hybridized carbons (Fsp3) is 0.154. The first-order valence-corrected chi connectivity index (χ1v) is 6.02. The van der Waals surface area contributed by atoms with E-state index in [0.717, 1.165) is 10.4 Å². The van der Waals surface area contributed by atoms with Gasteiger partial charge in [0.2, 0.25) is 0 Å². The second-order valence-electron chi connectivity index (χ2n) is 3.72. The second-order valence-corrected chi connectivity index (χ2v) is 4.70. The quantitative estimate of drug-likeness (QED) is 0.599. The number of ether oxygens (including phenoxy) is 1. The van der Waals surface area contributed by atoms with Gasteiger partial charge in [-0.1, -0.05) is 36.4 Å². The number of carbonyl (C=O) groups is 1. The normalized spacial score (nSPS) is 23.0. The SMILES string of the molecule is O=C(c1ccccc1)[C@H]1O[C@H]1c1cccs1. The summed E-state index contributed by atoms with van der Waals surface area (Å²) in [7, 11) is 0. The van der Waals surface area contributed by atoms with Crippen LogP contribution in [-0.2, 0) is 4.74 Å². The molecule has 1 aliphatic heterocycles. The second kappa shape index (κ2) is 3.85. The number of epoxide rings is 1. The minimum atomic E-state index is -0.277. The molecule has 0 saturated carbocycles. The Bertz CT molecular complexity index is 490. The van der Waals surface area contributed by atoms with E-state index in [1.54, 1.807) is 11.3 Å². The Hall–Kier alpha value is -1.45. The van der Waals surface area contributed by atoms with Crippen LogP contribution < -0.4 is 0 Å². The Morgan fingerprint density at radius 2 is 1.94 bits per heavy atom. The first kappa shape index (κ1) is 9.75. The van der Waals surface area contributed by atoms with Gasteiger partial charge >= 0.3 is 0 Å². The van der Waals surface area contributed by atoms with Crippen LogP contribution in [0.2, 0.25) is 0 Å². The van der Waals surface area contributed by atoms with Crippen LogP contribution in [0.1, 0.15) is 21.3 Å². The lowest BCUT2D eigenvalue weighted by Crippen LogP contribution is -2.07. The van der Waals surface area contributed by atoms with Gasteiger partial charge in [0.15, 0.2) is 11.9 Å². The van der Waals surface area contributed by atoms with Crippen LogP contribution in [-0.4, -0.2) is 11.9 Å². The molecule has 3 rings (SSSR count). The minimum absolute atomic E-state index is 0.0206. The van der Waals surface area contributed by atoms with Crippen LogP contribution in [0, 0.1) is 0 Å². The predicted octanol–water partition coefficient (Wildman–Crippen LogP) is 3.07. The average molecular weight is 230 g/mol. The van der Waals surface area contributed by atoms with Crippen molar-refractivity contribution in [1.82, 2.24) is 0 Å². The maximum absolute atomic E-state index is 12.0. The van der Waals surface area contributed by atoms with Crippen LogP contribution in [0.15, 0.2) is 47.8 Å². The van der Waals surface area contributed by atoms with E-state index >= 15 is 0 Å². The zero-order valence-corrected chi connectivity index (χ0v) is 9.31. The van der Waals surface area contributed by atoms with E-state index in [-0.39, 0.29) is 18.0 Å². The average Bonchev–Trinajstić information content (AvgIpc) is 2.95. The molecule has 2 heterocycles. The highest BCUT2D eigenvalue weighted by Gasteiger charge is 2.46. The highest BCUT2D eigenvalue weighted by Crippen LogP contribution is 2.42. The first-order valence-electron chi connectivity index (χ1n) is 5.14. The molecule has 0 unspecified atom stereocenters. The van der Waals surface area contributed by atoms with Gasteiger partial charge in [0.1, 0.15) is 6.10 Å². The number of hydrogen-bond acceptors (Lipinski definition) is 3. The molecule has 1 saturated heterocycles. The van der Waals surface area contributed by atoms with Gasteiger partial charge in [0.25, 0.3) is 0 Å². The summed E-state index contributed by atoms with van der Waals surface area (Å²) >= 11 is 1.63. The van der Waals surface area contributed by atoms with E-state index in [2.05, 4.69) is 0 Å². The standard InChI is InChI=1S/C13H10O2S/c14-11(9-5-2-1-3-6-9)13-12(15-13)10-7-4-8-16-10/h1-8,12-13H/t12-,13+/m0/s1. The Morgan fingerprint density at radius 1 is 1.12 bits per heavy atom. The maximum atomic E-state index is 12.0. The predicted molar refractivity (Wildman–Crippen MR) is 62.7 cm³/mol. The molecule has 1 aromatic heterocycles. The first-order chi connectivity index (χ1) is 7.86. The van der Waals surface area contributed by atoms with E-state index in [0.29, 0.717) is 0 Å². The van der Waals surface area contributed by atoms with Crippen molar-refractivity contribution in [1.29, 1.82) is 0 Å². The molecule has 0 amide bonds. The van der Waals surface area contributed by atoms with Crippen LogP contribution in [0.4, 0.5) is 0 Å². The van der Waals surface area contributed by atoms with Crippen LogP contribution in [0.3, 0.4) is 0 Å². The van der Waals surface area contributed by atoms with Gasteiger partial charge in [-0.25, -0.2) is 0 Å². The lowest BCUT2D eigenvalue weighted by Gasteiger charge is -1.95. The third kappa shape index (κ3) is 1.68. The van der Waals surface area contributed by atoms with Crippen molar-refractivity contribution < 1.29 is 9.53 Å². The topological polar surface area (TPSA) is 29.6 Å². The van der Waals surface area contributed by atoms with E-state index in [9.17, 15) is 4.79 Å². The molecule has 16 heavy (non-hydrogen) atoms. The summed E-state index contributed by atoms with van der Waals surface area (Å²) in [6.07, 6.45) is -0.297. The van der Waals surface area contributed by atoms with Crippen LogP contribution >= 0.6 is 11.3 Å². The Labute approximate surface area is 97.5 Å². The van der Waals surface area contributed by atoms with Gasteiger partial charge in [0, 0.05) is 10.4 Å². The molecule has 0 radical (unpaired) electrons. The van der Waals surface area contributed by atoms with Gasteiger partial charge in [-0.2, -0.15) is 0 Å². The minimum Gasteiger partial charge on any atom is -0.355 e. The lowest BCUT2D eigenvalue weighted by atomic mass is 10.1. The van der Waals surface area contributed by atoms with Gasteiger partial charge in [-0.05, 0) is 11.4 Å². The lowest BCUT2D eigenvalue weighted by molar-refractivity contribution is 0.0953. The fourth-order valence-corrected chi connectivity index (χ4v) is 2.53. The van der Waals surface area contributed by atoms with Crippen molar-refractivity contribution in [3.8, 4) is 0 Å². The summed E-state index contributed by atoms with van der Waals surface area (Å²) in [6.45, 7) is 0. The number of Topliss-reactive ketones (excluding diaryl/α,β-unsaturated/α-hetero) is 1. The zero-order valence-electron chi connectivity index (χ0n) is 8.50. The highest BCUT2D eigenvalue weighted by molar-refractivity contribution is 7.10. The molecule has 0 bridgehead atoms. The van der Waals surface area contributed by atoms with Crippen molar-refractivity contribution in [3.63, 3.8) is 0 Å². The molecule has 1 aromatic carbocycles. The van der Waals surface area contributed by atoms with E-state index in [4.69, 9.17) is 4.74 Å². The number of ketones is 1. The van der Waals surface area contributed by atoms with Crippen LogP contribution in [0.5, 0.6) is 0 Å². The van der Waals surface area contributed by atoms with E-state index in [1.165, 1.54) is 0 Å². The fourth-order valence-electron chi connectivity index (χ4n) is 1.75. The number of carbonyl (C=O) groups excluding carboxylic acids is 1. The Morgan fingerprint density at radius 3 is 2.62 bits per heavy atom. The molecule has 2 aromatic rings. The van der Waals surface area contributed by atoms with Gasteiger partial charge in [-0.15, -0.1) is 11.3 Å². The van der Waals surface area contributed by atoms with Gasteiger partial charge in [-0.3, -0.25) is 4.79 Å². The molecule has 2 nitrogen and oxygen atoms in total. The van der Waals surface area contributed by atoms with Crippen LogP contribution in [0.25, 0.3) is 0 Å². The number of hydrogen-bond donors (Lipinski definition) is 0. The third-order valence-electron chi connectivity index (χ3n) is 2.63. The molecule has 3 heteroatoms. The van der Waals surface area contributed by atoms with Crippen molar-refractivity contribution in [2.24, 2.45) is 0 Å². The number of rotatable bonds is 3. The summed E-state index contributed by atoms with van der Waals surface area (Å²) < 4.78 is 5.44. The maximum Gasteiger partial charge on any atom is 0.194 e. The Balaban J connectivity index is 1.76. The monoisotopic (exact) mass is 230 g/mol. The molecule has 1 aliphatic rings. The molecule has 80 valence electrons. The van der Waals surface area contributed by atoms with Crippen molar-refractivity contribution in [2.75, 3.05) is 0 Å². The van der Waals surface area contributed by atoms with Gasteiger partial charge < -0.3 is 4.74 Å². The van der Waals surface area contributed by atoms with Gasteiger partial charge in [0.05, 0.1) is 0 Å². The molecule has 0 N–H and O–H groups in total. The summed E-state index contributed by atoms with van der Waals surface area (Å²) in [5, 5.41) is 2.00. The largest absolute Gasteiger partial charge is 0.355 e. The van der Waals surface area contributed by atoms with E-state index in [1.807, 2.05) is 47.8 Å². The number of thiophene rings is 1. The number of benzene rings is 1. The zero-order chi connectivity index (χ0) is 11.0. The van der Waals surface area contributed by atoms with Crippen molar-refractivity contribution in [3.05, 3.63) is 58.3 Å². The Kier molecular flexibility index (Phi) is 2.35. The highest BCUT2D eigenvalue weighted by atomic mass is 32.1. The molecule has 1 fully saturated rings. The van der Waals surface area contributed by atoms with Crippen molar-refractivity contribution >= 4 is 17.1 Å². The third-order valence-corrected chi connectivity index (χ3v) is 3.57. The van der Waals surface area contributed by atoms with E-state index < -0.39 is 0 Å². The molecule has 0 aliphatic carbocycles. The van der Waals surface area contributed by atoms with Crippen molar-refractivity contribution in [2.45, 2.75) is 12.2 Å². The molecule has 0 spiro atoms. The molecular formula is C13H10O2S.